The van der Waals surface area contributed by atoms with Crippen LogP contribution in [0, 0.1) is 16.7 Å². The molecule has 120 valence electrons. The van der Waals surface area contributed by atoms with E-state index in [1.165, 1.54) is 38.5 Å². The van der Waals surface area contributed by atoms with Gasteiger partial charge in [0, 0.05) is 13.3 Å². The SMILES string of the molecule is CC1(C)CCCC2=C1CC(C)(C)[C@H](C[C@]1(C)[NH2+]CCO1)C2. The van der Waals surface area contributed by atoms with E-state index in [-0.39, 0.29) is 5.72 Å². The van der Waals surface area contributed by atoms with Crippen LogP contribution >= 0.6 is 0 Å². The molecule has 0 radical (unpaired) electrons. The Labute approximate surface area is 130 Å². The van der Waals surface area contributed by atoms with Gasteiger partial charge in [0.05, 0.1) is 0 Å². The lowest BCUT2D eigenvalue weighted by molar-refractivity contribution is -0.732. The molecule has 1 saturated heterocycles. The summed E-state index contributed by atoms with van der Waals surface area (Å²) < 4.78 is 6.04. The molecular weight excluding hydrogens is 258 g/mol. The molecule has 1 aliphatic heterocycles. The lowest BCUT2D eigenvalue weighted by atomic mass is 9.57. The minimum atomic E-state index is 0.0319. The molecule has 2 aliphatic carbocycles. The fourth-order valence-electron chi connectivity index (χ4n) is 4.98. The van der Waals surface area contributed by atoms with Crippen LogP contribution in [0.3, 0.4) is 0 Å². The Morgan fingerprint density at radius 1 is 1.19 bits per heavy atom. The van der Waals surface area contributed by atoms with Gasteiger partial charge in [-0.05, 0) is 48.9 Å². The van der Waals surface area contributed by atoms with E-state index >= 15 is 0 Å². The first kappa shape index (κ1) is 15.6. The Bertz CT molecular complexity index is 440. The maximum absolute atomic E-state index is 6.04. The summed E-state index contributed by atoms with van der Waals surface area (Å²) in [6.45, 7) is 14.3. The fourth-order valence-corrected chi connectivity index (χ4v) is 4.98. The lowest BCUT2D eigenvalue weighted by Gasteiger charge is -2.48. The van der Waals surface area contributed by atoms with E-state index in [4.69, 9.17) is 4.74 Å². The molecule has 2 heteroatoms. The monoisotopic (exact) mass is 292 g/mol. The molecule has 0 spiro atoms. The van der Waals surface area contributed by atoms with Gasteiger partial charge in [0.15, 0.2) is 5.72 Å². The van der Waals surface area contributed by atoms with Gasteiger partial charge in [0.2, 0.25) is 0 Å². The van der Waals surface area contributed by atoms with Gasteiger partial charge in [-0.3, -0.25) is 0 Å². The summed E-state index contributed by atoms with van der Waals surface area (Å²) in [5.74, 6) is 0.768. The molecule has 0 aromatic carbocycles. The van der Waals surface area contributed by atoms with Gasteiger partial charge in [-0.15, -0.1) is 0 Å². The highest BCUT2D eigenvalue weighted by Gasteiger charge is 2.46. The molecule has 2 nitrogen and oxygen atoms in total. The highest BCUT2D eigenvalue weighted by atomic mass is 16.5. The van der Waals surface area contributed by atoms with Crippen molar-refractivity contribution in [3.8, 4) is 0 Å². The van der Waals surface area contributed by atoms with Gasteiger partial charge in [-0.2, -0.15) is 0 Å². The first-order valence-electron chi connectivity index (χ1n) is 8.92. The summed E-state index contributed by atoms with van der Waals surface area (Å²) >= 11 is 0. The minimum absolute atomic E-state index is 0.0319. The number of rotatable bonds is 2. The molecule has 0 amide bonds. The van der Waals surface area contributed by atoms with E-state index in [0.29, 0.717) is 10.8 Å². The Morgan fingerprint density at radius 2 is 1.95 bits per heavy atom. The van der Waals surface area contributed by atoms with Gasteiger partial charge in [0.25, 0.3) is 0 Å². The zero-order valence-corrected chi connectivity index (χ0v) is 14.7. The molecule has 0 saturated carbocycles. The van der Waals surface area contributed by atoms with E-state index in [2.05, 4.69) is 39.9 Å². The summed E-state index contributed by atoms with van der Waals surface area (Å²) in [5, 5.41) is 2.41. The molecule has 1 fully saturated rings. The highest BCUT2D eigenvalue weighted by Crippen LogP contribution is 2.54. The third kappa shape index (κ3) is 2.94. The Morgan fingerprint density at radius 3 is 2.62 bits per heavy atom. The van der Waals surface area contributed by atoms with Crippen LogP contribution in [0.1, 0.15) is 73.1 Å². The van der Waals surface area contributed by atoms with Crippen molar-refractivity contribution in [3.05, 3.63) is 11.1 Å². The zero-order chi connectivity index (χ0) is 15.3. The van der Waals surface area contributed by atoms with Crippen molar-refractivity contribution in [3.63, 3.8) is 0 Å². The summed E-state index contributed by atoms with van der Waals surface area (Å²) in [6, 6.07) is 0. The summed E-state index contributed by atoms with van der Waals surface area (Å²) in [4.78, 5) is 0. The number of hydrogen-bond acceptors (Lipinski definition) is 1. The van der Waals surface area contributed by atoms with Crippen molar-refractivity contribution >= 4 is 0 Å². The van der Waals surface area contributed by atoms with Crippen LogP contribution in [-0.4, -0.2) is 18.9 Å². The molecule has 3 rings (SSSR count). The number of nitrogens with two attached hydrogens (primary N) is 1. The Balaban J connectivity index is 1.82. The highest BCUT2D eigenvalue weighted by molar-refractivity contribution is 5.29. The maximum atomic E-state index is 6.04. The van der Waals surface area contributed by atoms with Crippen LogP contribution in [0.15, 0.2) is 11.1 Å². The van der Waals surface area contributed by atoms with Crippen molar-refractivity contribution < 1.29 is 10.1 Å². The smallest absolute Gasteiger partial charge is 0.197 e. The first-order valence-corrected chi connectivity index (χ1v) is 8.92. The van der Waals surface area contributed by atoms with Crippen LogP contribution in [-0.2, 0) is 4.74 Å². The van der Waals surface area contributed by atoms with E-state index in [1.807, 2.05) is 0 Å². The second-order valence-electron chi connectivity index (χ2n) is 9.24. The van der Waals surface area contributed by atoms with Crippen molar-refractivity contribution in [2.24, 2.45) is 16.7 Å². The number of allylic oxidation sites excluding steroid dienone is 2. The van der Waals surface area contributed by atoms with E-state index in [1.54, 1.807) is 11.1 Å². The Kier molecular flexibility index (Phi) is 3.77. The van der Waals surface area contributed by atoms with Crippen molar-refractivity contribution in [2.45, 2.75) is 78.9 Å². The molecule has 3 aliphatic rings. The first-order chi connectivity index (χ1) is 9.72. The molecule has 21 heavy (non-hydrogen) atoms. The third-order valence-electron chi connectivity index (χ3n) is 6.53. The Hall–Kier alpha value is -0.340. The number of hydrogen-bond donors (Lipinski definition) is 1. The quantitative estimate of drug-likeness (QED) is 0.773. The lowest BCUT2D eigenvalue weighted by Crippen LogP contribution is -2.93. The van der Waals surface area contributed by atoms with Gasteiger partial charge < -0.3 is 10.1 Å². The molecule has 0 aromatic heterocycles. The van der Waals surface area contributed by atoms with Gasteiger partial charge in [-0.25, -0.2) is 0 Å². The largest absolute Gasteiger partial charge is 0.321 e. The van der Waals surface area contributed by atoms with Crippen molar-refractivity contribution in [1.82, 2.24) is 0 Å². The second kappa shape index (κ2) is 5.09. The summed E-state index contributed by atoms with van der Waals surface area (Å²) in [7, 11) is 0. The molecule has 2 atom stereocenters. The molecule has 1 heterocycles. The van der Waals surface area contributed by atoms with E-state index in [0.717, 1.165) is 19.1 Å². The minimum Gasteiger partial charge on any atom is -0.321 e. The summed E-state index contributed by atoms with van der Waals surface area (Å²) in [6.07, 6.45) is 7.94. The molecular formula is C19H34NO+. The van der Waals surface area contributed by atoms with Crippen molar-refractivity contribution in [2.75, 3.05) is 13.2 Å². The van der Waals surface area contributed by atoms with Crippen LogP contribution in [0.2, 0.25) is 0 Å². The normalized spacial score (nSPS) is 38.4. The zero-order valence-electron chi connectivity index (χ0n) is 14.7. The van der Waals surface area contributed by atoms with Crippen LogP contribution in [0.5, 0.6) is 0 Å². The van der Waals surface area contributed by atoms with E-state index in [9.17, 15) is 0 Å². The molecule has 0 unspecified atom stereocenters. The molecule has 0 bridgehead atoms. The average Bonchev–Trinajstić information content (AvgIpc) is 2.78. The predicted octanol–water partition coefficient (Wildman–Crippen LogP) is 3.63. The van der Waals surface area contributed by atoms with Crippen LogP contribution < -0.4 is 5.32 Å². The van der Waals surface area contributed by atoms with Crippen LogP contribution in [0.4, 0.5) is 0 Å². The molecule has 0 aromatic rings. The standard InChI is InChI=1S/C19H33NO/c1-17(2)8-6-7-14-11-15(18(3,4)13-16(14)17)12-19(5)20-9-10-21-19/h15,20H,6-13H2,1-5H3/p+1/t15-,19+/m0/s1. The molecule has 2 N–H and O–H groups in total. The average molecular weight is 292 g/mol. The van der Waals surface area contributed by atoms with Gasteiger partial charge in [0.1, 0.15) is 13.2 Å². The third-order valence-corrected chi connectivity index (χ3v) is 6.53. The summed E-state index contributed by atoms with van der Waals surface area (Å²) in [5.41, 5.74) is 4.49. The number of quaternary nitrogens is 1. The van der Waals surface area contributed by atoms with Crippen molar-refractivity contribution in [1.29, 1.82) is 0 Å². The fraction of sp³-hybridized carbons (Fsp3) is 0.895. The van der Waals surface area contributed by atoms with E-state index < -0.39 is 0 Å². The van der Waals surface area contributed by atoms with Gasteiger partial charge in [-0.1, -0.05) is 38.8 Å². The predicted molar refractivity (Wildman–Crippen MR) is 86.9 cm³/mol. The maximum Gasteiger partial charge on any atom is 0.197 e. The second-order valence-corrected chi connectivity index (χ2v) is 9.24. The number of ether oxygens (including phenoxy) is 1. The van der Waals surface area contributed by atoms with Gasteiger partial charge >= 0.3 is 0 Å². The van der Waals surface area contributed by atoms with Crippen LogP contribution in [0.25, 0.3) is 0 Å². The topological polar surface area (TPSA) is 25.8 Å².